The summed E-state index contributed by atoms with van der Waals surface area (Å²) in [6, 6.07) is 0. The van der Waals surface area contributed by atoms with Crippen LogP contribution in [0.5, 0.6) is 0 Å². The third kappa shape index (κ3) is 4.47. The minimum Gasteiger partial charge on any atom is -0.353 e. The molecule has 15 heavy (non-hydrogen) atoms. The van der Waals surface area contributed by atoms with Gasteiger partial charge in [0.15, 0.2) is 12.1 Å². The topological polar surface area (TPSA) is 36.9 Å². The van der Waals surface area contributed by atoms with E-state index in [0.717, 1.165) is 6.42 Å². The summed E-state index contributed by atoms with van der Waals surface area (Å²) >= 11 is 0. The minimum atomic E-state index is -0.465. The molecule has 1 rings (SSSR count). The molecule has 1 atom stereocenters. The zero-order valence-electron chi connectivity index (χ0n) is 10.1. The smallest absolute Gasteiger partial charge is 0.163 e. The van der Waals surface area contributed by atoms with E-state index in [4.69, 9.17) is 18.9 Å². The molecule has 1 unspecified atom stereocenters. The Balaban J connectivity index is 2.32. The van der Waals surface area contributed by atoms with Gasteiger partial charge in [-0.15, -0.1) is 0 Å². The summed E-state index contributed by atoms with van der Waals surface area (Å²) in [6.07, 6.45) is 0.621. The van der Waals surface area contributed by atoms with Crippen LogP contribution in [0.2, 0.25) is 0 Å². The lowest BCUT2D eigenvalue weighted by atomic mass is 10.2. The molecular weight excluding hydrogens is 196 g/mol. The van der Waals surface area contributed by atoms with Gasteiger partial charge in [-0.25, -0.2) is 0 Å². The summed E-state index contributed by atoms with van der Waals surface area (Å²) < 4.78 is 22.1. The third-order valence-electron chi connectivity index (χ3n) is 2.23. The molecule has 0 radical (unpaired) electrons. The normalized spacial score (nSPS) is 25.0. The number of hydrogen-bond acceptors (Lipinski definition) is 4. The molecule has 0 aromatic rings. The lowest BCUT2D eigenvalue weighted by Gasteiger charge is -2.21. The molecule has 90 valence electrons. The predicted octanol–water partition coefficient (Wildman–Crippen LogP) is 1.93. The Morgan fingerprint density at radius 2 is 1.87 bits per heavy atom. The van der Waals surface area contributed by atoms with Gasteiger partial charge >= 0.3 is 0 Å². The van der Waals surface area contributed by atoms with Gasteiger partial charge in [-0.3, -0.25) is 0 Å². The maximum atomic E-state index is 5.69. The maximum absolute atomic E-state index is 5.69. The SMILES string of the molecule is CCOC(CC1COC(C)(C)O1)OCC. The van der Waals surface area contributed by atoms with Crippen LogP contribution < -0.4 is 0 Å². The standard InChI is InChI=1S/C11H22O4/c1-5-12-10(13-6-2)7-9-8-14-11(3,4)15-9/h9-10H,5-8H2,1-4H3. The fraction of sp³-hybridized carbons (Fsp3) is 1.00. The molecule has 1 aliphatic heterocycles. The molecule has 0 bridgehead atoms. The van der Waals surface area contributed by atoms with E-state index in [1.165, 1.54) is 0 Å². The van der Waals surface area contributed by atoms with Crippen molar-refractivity contribution in [2.24, 2.45) is 0 Å². The lowest BCUT2D eigenvalue weighted by molar-refractivity contribution is -0.172. The summed E-state index contributed by atoms with van der Waals surface area (Å²) in [5, 5.41) is 0. The maximum Gasteiger partial charge on any atom is 0.163 e. The molecule has 0 spiro atoms. The first-order valence-electron chi connectivity index (χ1n) is 5.62. The van der Waals surface area contributed by atoms with Crippen molar-refractivity contribution >= 4 is 0 Å². The molecule has 0 aromatic carbocycles. The zero-order chi connectivity index (χ0) is 11.3. The molecule has 0 saturated carbocycles. The van der Waals surface area contributed by atoms with Crippen molar-refractivity contribution in [1.29, 1.82) is 0 Å². The van der Waals surface area contributed by atoms with Gasteiger partial charge < -0.3 is 18.9 Å². The summed E-state index contributed by atoms with van der Waals surface area (Å²) in [6.45, 7) is 9.68. The lowest BCUT2D eigenvalue weighted by Crippen LogP contribution is -2.27. The zero-order valence-corrected chi connectivity index (χ0v) is 10.1. The molecule has 1 heterocycles. The molecular formula is C11H22O4. The monoisotopic (exact) mass is 218 g/mol. The van der Waals surface area contributed by atoms with Crippen molar-refractivity contribution < 1.29 is 18.9 Å². The van der Waals surface area contributed by atoms with Crippen molar-refractivity contribution in [1.82, 2.24) is 0 Å². The average Bonchev–Trinajstić information content (AvgIpc) is 2.46. The highest BCUT2D eigenvalue weighted by Gasteiger charge is 2.34. The predicted molar refractivity (Wildman–Crippen MR) is 56.6 cm³/mol. The highest BCUT2D eigenvalue weighted by Crippen LogP contribution is 2.25. The van der Waals surface area contributed by atoms with Crippen LogP contribution in [0.3, 0.4) is 0 Å². The molecule has 0 amide bonds. The Morgan fingerprint density at radius 1 is 1.27 bits per heavy atom. The van der Waals surface area contributed by atoms with E-state index in [2.05, 4.69) is 0 Å². The van der Waals surface area contributed by atoms with E-state index in [0.29, 0.717) is 19.8 Å². The molecule has 4 nitrogen and oxygen atoms in total. The Kier molecular flexibility index (Phi) is 4.99. The van der Waals surface area contributed by atoms with Crippen LogP contribution in [0.25, 0.3) is 0 Å². The Labute approximate surface area is 91.8 Å². The van der Waals surface area contributed by atoms with Gasteiger partial charge in [-0.05, 0) is 27.7 Å². The van der Waals surface area contributed by atoms with Crippen LogP contribution >= 0.6 is 0 Å². The van der Waals surface area contributed by atoms with Gasteiger partial charge in [0.25, 0.3) is 0 Å². The van der Waals surface area contributed by atoms with E-state index < -0.39 is 5.79 Å². The second-order valence-corrected chi connectivity index (χ2v) is 4.03. The highest BCUT2D eigenvalue weighted by atomic mass is 16.7. The van der Waals surface area contributed by atoms with E-state index in [1.807, 2.05) is 27.7 Å². The van der Waals surface area contributed by atoms with Crippen molar-refractivity contribution in [3.05, 3.63) is 0 Å². The Bertz CT molecular complexity index is 175. The van der Waals surface area contributed by atoms with Crippen LogP contribution in [0.4, 0.5) is 0 Å². The van der Waals surface area contributed by atoms with Gasteiger partial charge in [-0.2, -0.15) is 0 Å². The molecule has 0 aromatic heterocycles. The van der Waals surface area contributed by atoms with Gasteiger partial charge in [0, 0.05) is 19.6 Å². The van der Waals surface area contributed by atoms with Crippen molar-refractivity contribution in [3.8, 4) is 0 Å². The number of hydrogen-bond donors (Lipinski definition) is 0. The van der Waals surface area contributed by atoms with Crippen LogP contribution in [-0.2, 0) is 18.9 Å². The molecule has 1 saturated heterocycles. The molecule has 0 aliphatic carbocycles. The first-order valence-corrected chi connectivity index (χ1v) is 5.62. The number of rotatable bonds is 6. The quantitative estimate of drug-likeness (QED) is 0.638. The number of ether oxygens (including phenoxy) is 4. The van der Waals surface area contributed by atoms with E-state index in [1.54, 1.807) is 0 Å². The third-order valence-corrected chi connectivity index (χ3v) is 2.23. The Morgan fingerprint density at radius 3 is 2.27 bits per heavy atom. The fourth-order valence-corrected chi connectivity index (χ4v) is 1.65. The second kappa shape index (κ2) is 5.80. The summed E-state index contributed by atoms with van der Waals surface area (Å²) in [7, 11) is 0. The van der Waals surface area contributed by atoms with Gasteiger partial charge in [-0.1, -0.05) is 0 Å². The summed E-state index contributed by atoms with van der Waals surface area (Å²) in [4.78, 5) is 0. The first kappa shape index (κ1) is 12.9. The van der Waals surface area contributed by atoms with Crippen LogP contribution in [0, 0.1) is 0 Å². The summed E-state index contributed by atoms with van der Waals surface area (Å²) in [5.41, 5.74) is 0. The molecule has 4 heteroatoms. The van der Waals surface area contributed by atoms with E-state index in [9.17, 15) is 0 Å². The molecule has 1 aliphatic rings. The summed E-state index contributed by atoms with van der Waals surface area (Å²) in [5.74, 6) is -0.465. The largest absolute Gasteiger partial charge is 0.353 e. The van der Waals surface area contributed by atoms with Crippen LogP contribution in [0.1, 0.15) is 34.1 Å². The molecule has 1 fully saturated rings. The minimum absolute atomic E-state index is 0.0723. The van der Waals surface area contributed by atoms with E-state index in [-0.39, 0.29) is 12.4 Å². The highest BCUT2D eigenvalue weighted by molar-refractivity contribution is 4.72. The molecule has 0 N–H and O–H groups in total. The van der Waals surface area contributed by atoms with Gasteiger partial charge in [0.05, 0.1) is 12.7 Å². The van der Waals surface area contributed by atoms with Crippen molar-refractivity contribution in [2.75, 3.05) is 19.8 Å². The van der Waals surface area contributed by atoms with Crippen molar-refractivity contribution in [3.63, 3.8) is 0 Å². The van der Waals surface area contributed by atoms with Crippen LogP contribution in [0.15, 0.2) is 0 Å². The van der Waals surface area contributed by atoms with Crippen LogP contribution in [-0.4, -0.2) is 38.0 Å². The average molecular weight is 218 g/mol. The Hall–Kier alpha value is -0.160. The van der Waals surface area contributed by atoms with Gasteiger partial charge in [0.2, 0.25) is 0 Å². The van der Waals surface area contributed by atoms with E-state index >= 15 is 0 Å². The fourth-order valence-electron chi connectivity index (χ4n) is 1.65. The van der Waals surface area contributed by atoms with Gasteiger partial charge in [0.1, 0.15) is 0 Å². The second-order valence-electron chi connectivity index (χ2n) is 4.03. The van der Waals surface area contributed by atoms with Crippen molar-refractivity contribution in [2.45, 2.75) is 52.3 Å². The first-order chi connectivity index (χ1) is 7.07.